The van der Waals surface area contributed by atoms with E-state index >= 15 is 0 Å². The van der Waals surface area contributed by atoms with Gasteiger partial charge in [-0.3, -0.25) is 14.4 Å². The largest absolute Gasteiger partial charge is 0.368 e. The molecular weight excluding hydrogens is 318 g/mol. The lowest BCUT2D eigenvalue weighted by molar-refractivity contribution is -0.118. The molecule has 0 spiro atoms. The summed E-state index contributed by atoms with van der Waals surface area (Å²) in [5.74, 6) is -0.945. The van der Waals surface area contributed by atoms with Crippen molar-refractivity contribution in [3.05, 3.63) is 41.5 Å². The van der Waals surface area contributed by atoms with Gasteiger partial charge in [0.05, 0.1) is 12.5 Å². The third kappa shape index (κ3) is 4.47. The van der Waals surface area contributed by atoms with E-state index in [0.717, 1.165) is 0 Å². The Morgan fingerprint density at radius 1 is 1.24 bits per heavy atom. The van der Waals surface area contributed by atoms with Gasteiger partial charge in [0.2, 0.25) is 11.8 Å². The van der Waals surface area contributed by atoms with Gasteiger partial charge in [-0.05, 0) is 43.4 Å². The summed E-state index contributed by atoms with van der Waals surface area (Å²) in [4.78, 5) is 35.3. The molecule has 2 rings (SSSR count). The number of rotatable bonds is 6. The summed E-state index contributed by atoms with van der Waals surface area (Å²) in [6, 6.07) is 6.60. The van der Waals surface area contributed by atoms with Crippen LogP contribution in [0, 0.1) is 17.3 Å². The molecule has 1 aliphatic carbocycles. The zero-order valence-corrected chi connectivity index (χ0v) is 15.1. The Balaban J connectivity index is 2.05. The Kier molecular flexibility index (Phi) is 5.30. The van der Waals surface area contributed by atoms with Crippen LogP contribution in [0.3, 0.4) is 0 Å². The lowest BCUT2D eigenvalue weighted by Crippen LogP contribution is -2.33. The molecule has 25 heavy (non-hydrogen) atoms. The number of carbonyl (C=O) groups excluding carboxylic acids is 3. The smallest absolute Gasteiger partial charge is 0.251 e. The van der Waals surface area contributed by atoms with E-state index in [1.54, 1.807) is 24.3 Å². The lowest BCUT2D eigenvalue weighted by atomic mass is 10.1. The number of carbonyl (C=O) groups is 3. The van der Waals surface area contributed by atoms with E-state index in [-0.39, 0.29) is 29.7 Å². The minimum absolute atomic E-state index is 0.0535. The molecule has 1 saturated carbocycles. The van der Waals surface area contributed by atoms with E-state index in [4.69, 9.17) is 5.73 Å². The first-order valence-electron chi connectivity index (χ1n) is 8.25. The number of anilines is 1. The maximum atomic E-state index is 12.6. The van der Waals surface area contributed by atoms with Crippen LogP contribution in [0.2, 0.25) is 0 Å². The van der Waals surface area contributed by atoms with Gasteiger partial charge in [-0.15, -0.1) is 0 Å². The molecule has 6 heteroatoms. The first-order chi connectivity index (χ1) is 11.6. The second-order valence-corrected chi connectivity index (χ2v) is 7.29. The standard InChI is InChI=1S/C19H25N3O3/c1-11(2)8-14-16(19(14,3)4)18(25)22-13-7-5-6-12(9-13)17(24)21-10-15(20)23/h5-9,14,16H,10H2,1-4H3,(H2,20,23)(H,21,24)(H,22,25). The van der Waals surface area contributed by atoms with E-state index in [1.165, 1.54) is 5.57 Å². The van der Waals surface area contributed by atoms with E-state index in [0.29, 0.717) is 11.3 Å². The number of nitrogens with two attached hydrogens (primary N) is 1. The minimum Gasteiger partial charge on any atom is -0.368 e. The van der Waals surface area contributed by atoms with Crippen LogP contribution in [0.5, 0.6) is 0 Å². The molecule has 134 valence electrons. The molecule has 0 saturated heterocycles. The lowest BCUT2D eigenvalue weighted by Gasteiger charge is -2.08. The highest BCUT2D eigenvalue weighted by atomic mass is 16.2. The monoisotopic (exact) mass is 343 g/mol. The van der Waals surface area contributed by atoms with Crippen LogP contribution < -0.4 is 16.4 Å². The number of primary amides is 1. The number of hydrogen-bond donors (Lipinski definition) is 3. The van der Waals surface area contributed by atoms with Crippen molar-refractivity contribution in [1.29, 1.82) is 0 Å². The molecule has 0 radical (unpaired) electrons. The van der Waals surface area contributed by atoms with Crippen molar-refractivity contribution >= 4 is 23.4 Å². The summed E-state index contributed by atoms with van der Waals surface area (Å²) in [6.45, 7) is 7.98. The van der Waals surface area contributed by atoms with Crippen LogP contribution in [0.4, 0.5) is 5.69 Å². The van der Waals surface area contributed by atoms with Gasteiger partial charge in [0, 0.05) is 11.3 Å². The second-order valence-electron chi connectivity index (χ2n) is 7.29. The number of hydrogen-bond acceptors (Lipinski definition) is 3. The summed E-state index contributed by atoms with van der Waals surface area (Å²) < 4.78 is 0. The van der Waals surface area contributed by atoms with Crippen molar-refractivity contribution in [2.45, 2.75) is 27.7 Å². The molecule has 1 aromatic carbocycles. The molecule has 4 N–H and O–H groups in total. The molecule has 0 bridgehead atoms. The predicted molar refractivity (Wildman–Crippen MR) is 96.8 cm³/mol. The van der Waals surface area contributed by atoms with Crippen LogP contribution in [-0.4, -0.2) is 24.3 Å². The van der Waals surface area contributed by atoms with Crippen LogP contribution in [0.15, 0.2) is 35.9 Å². The maximum Gasteiger partial charge on any atom is 0.251 e. The molecule has 3 amide bonds. The zero-order chi connectivity index (χ0) is 18.8. The van der Waals surface area contributed by atoms with Crippen LogP contribution in [0.25, 0.3) is 0 Å². The van der Waals surface area contributed by atoms with Crippen molar-refractivity contribution in [3.8, 4) is 0 Å². The second kappa shape index (κ2) is 7.09. The fourth-order valence-corrected chi connectivity index (χ4v) is 3.08. The first kappa shape index (κ1) is 18.7. The van der Waals surface area contributed by atoms with Crippen molar-refractivity contribution in [1.82, 2.24) is 5.32 Å². The summed E-state index contributed by atoms with van der Waals surface area (Å²) in [7, 11) is 0. The Hall–Kier alpha value is -2.63. The van der Waals surface area contributed by atoms with Crippen molar-refractivity contribution < 1.29 is 14.4 Å². The van der Waals surface area contributed by atoms with E-state index in [1.807, 2.05) is 13.8 Å². The fraction of sp³-hybridized carbons (Fsp3) is 0.421. The fourth-order valence-electron chi connectivity index (χ4n) is 3.08. The normalized spacial score (nSPS) is 20.3. The summed E-state index contributed by atoms with van der Waals surface area (Å²) in [5, 5.41) is 5.30. The number of nitrogens with one attached hydrogen (secondary N) is 2. The molecule has 0 aromatic heterocycles. The Labute approximate surface area is 147 Å². The molecular formula is C19H25N3O3. The highest BCUT2D eigenvalue weighted by Crippen LogP contribution is 2.59. The van der Waals surface area contributed by atoms with Crippen molar-refractivity contribution in [2.24, 2.45) is 23.0 Å². The Bertz CT molecular complexity index is 733. The zero-order valence-electron chi connectivity index (χ0n) is 15.1. The molecule has 6 nitrogen and oxygen atoms in total. The van der Waals surface area contributed by atoms with Gasteiger partial charge < -0.3 is 16.4 Å². The Morgan fingerprint density at radius 3 is 2.52 bits per heavy atom. The molecule has 2 atom stereocenters. The number of benzene rings is 1. The van der Waals surface area contributed by atoms with Gasteiger partial charge in [-0.2, -0.15) is 0 Å². The van der Waals surface area contributed by atoms with Crippen LogP contribution in [0.1, 0.15) is 38.1 Å². The summed E-state index contributed by atoms with van der Waals surface area (Å²) in [5.41, 5.74) is 7.04. The molecule has 2 unspecified atom stereocenters. The number of allylic oxidation sites excluding steroid dienone is 2. The van der Waals surface area contributed by atoms with Crippen LogP contribution >= 0.6 is 0 Å². The maximum absolute atomic E-state index is 12.6. The summed E-state index contributed by atoms with van der Waals surface area (Å²) in [6.07, 6.45) is 2.14. The van der Waals surface area contributed by atoms with Gasteiger partial charge in [0.25, 0.3) is 5.91 Å². The molecule has 1 aliphatic rings. The van der Waals surface area contributed by atoms with Gasteiger partial charge in [-0.1, -0.05) is 31.6 Å². The van der Waals surface area contributed by atoms with Gasteiger partial charge in [-0.25, -0.2) is 0 Å². The summed E-state index contributed by atoms with van der Waals surface area (Å²) >= 11 is 0. The van der Waals surface area contributed by atoms with Crippen molar-refractivity contribution in [3.63, 3.8) is 0 Å². The highest BCUT2D eigenvalue weighted by molar-refractivity contribution is 5.99. The van der Waals surface area contributed by atoms with Gasteiger partial charge >= 0.3 is 0 Å². The van der Waals surface area contributed by atoms with Crippen LogP contribution in [-0.2, 0) is 9.59 Å². The molecule has 1 fully saturated rings. The van der Waals surface area contributed by atoms with E-state index in [9.17, 15) is 14.4 Å². The molecule has 0 aliphatic heterocycles. The third-order valence-electron chi connectivity index (χ3n) is 4.52. The average Bonchev–Trinajstić information content (AvgIpc) is 3.04. The van der Waals surface area contributed by atoms with E-state index < -0.39 is 11.8 Å². The number of amides is 3. The first-order valence-corrected chi connectivity index (χ1v) is 8.25. The Morgan fingerprint density at radius 2 is 1.92 bits per heavy atom. The topological polar surface area (TPSA) is 101 Å². The van der Waals surface area contributed by atoms with E-state index in [2.05, 4.69) is 30.6 Å². The quantitative estimate of drug-likeness (QED) is 0.689. The third-order valence-corrected chi connectivity index (χ3v) is 4.52. The van der Waals surface area contributed by atoms with Crippen molar-refractivity contribution in [2.75, 3.05) is 11.9 Å². The SMILES string of the molecule is CC(C)=CC1C(C(=O)Nc2cccc(C(=O)NCC(N)=O)c2)C1(C)C. The minimum atomic E-state index is -0.612. The molecule has 1 aromatic rings. The van der Waals surface area contributed by atoms with Gasteiger partial charge in [0.15, 0.2) is 0 Å². The predicted octanol–water partition coefficient (Wildman–Crippen LogP) is 2.08. The molecule has 0 heterocycles. The van der Waals surface area contributed by atoms with Gasteiger partial charge in [0.1, 0.15) is 0 Å². The highest BCUT2D eigenvalue weighted by Gasteiger charge is 2.60. The average molecular weight is 343 g/mol.